The lowest BCUT2D eigenvalue weighted by molar-refractivity contribution is -0.118. The highest BCUT2D eigenvalue weighted by atomic mass is 16.5. The number of nitrogens with zero attached hydrogens (tertiary/aromatic N) is 4. The summed E-state index contributed by atoms with van der Waals surface area (Å²) < 4.78 is 4.96. The van der Waals surface area contributed by atoms with Crippen molar-refractivity contribution in [2.45, 2.75) is 19.8 Å². The van der Waals surface area contributed by atoms with Gasteiger partial charge in [0, 0.05) is 57.4 Å². The van der Waals surface area contributed by atoms with Crippen LogP contribution in [0.5, 0.6) is 0 Å². The predicted octanol–water partition coefficient (Wildman–Crippen LogP) is 1.52. The average molecular weight is 397 g/mol. The first kappa shape index (κ1) is 19.6. The fourth-order valence-corrected chi connectivity index (χ4v) is 3.97. The third kappa shape index (κ3) is 4.83. The zero-order chi connectivity index (χ0) is 20.2. The fraction of sp³-hybridized carbons (Fsp3) is 0.476. The van der Waals surface area contributed by atoms with Gasteiger partial charge in [0.2, 0.25) is 11.8 Å². The molecule has 8 heteroatoms. The zero-order valence-electron chi connectivity index (χ0n) is 16.8. The molecule has 3 heterocycles. The van der Waals surface area contributed by atoms with E-state index in [0.29, 0.717) is 24.5 Å². The van der Waals surface area contributed by atoms with Gasteiger partial charge < -0.3 is 19.6 Å². The number of hydrogen-bond acceptors (Lipinski definition) is 6. The molecule has 0 bridgehead atoms. The van der Waals surface area contributed by atoms with Crippen LogP contribution < -0.4 is 10.2 Å². The number of carbonyl (C=O) groups is 2. The van der Waals surface area contributed by atoms with E-state index in [1.54, 1.807) is 13.0 Å². The molecule has 1 aromatic heterocycles. The molecule has 2 amide bonds. The Morgan fingerprint density at radius 2 is 1.86 bits per heavy atom. The van der Waals surface area contributed by atoms with Crippen LogP contribution in [0.15, 0.2) is 34.9 Å². The van der Waals surface area contributed by atoms with Gasteiger partial charge >= 0.3 is 0 Å². The van der Waals surface area contributed by atoms with Gasteiger partial charge in [-0.15, -0.1) is 0 Å². The molecule has 2 aromatic rings. The minimum Gasteiger partial charge on any atom is -0.360 e. The normalized spacial score (nSPS) is 17.3. The molecule has 2 aliphatic rings. The van der Waals surface area contributed by atoms with E-state index >= 15 is 0 Å². The summed E-state index contributed by atoms with van der Waals surface area (Å²) in [6, 6.07) is 9.85. The summed E-state index contributed by atoms with van der Waals surface area (Å²) in [6.45, 7) is 7.01. The molecule has 0 unspecified atom stereocenters. The summed E-state index contributed by atoms with van der Waals surface area (Å²) >= 11 is 0. The molecular formula is C21H27N5O3. The summed E-state index contributed by atoms with van der Waals surface area (Å²) in [4.78, 5) is 31.1. The van der Waals surface area contributed by atoms with Crippen LogP contribution in [0.1, 0.15) is 17.7 Å². The van der Waals surface area contributed by atoms with Crippen LogP contribution in [-0.4, -0.2) is 72.6 Å². The van der Waals surface area contributed by atoms with Crippen LogP contribution in [0.3, 0.4) is 0 Å². The summed E-state index contributed by atoms with van der Waals surface area (Å²) in [7, 11) is 0. The molecule has 1 fully saturated rings. The molecule has 2 aliphatic heterocycles. The summed E-state index contributed by atoms with van der Waals surface area (Å²) in [5, 5.41) is 6.53. The van der Waals surface area contributed by atoms with Gasteiger partial charge in [0.1, 0.15) is 5.76 Å². The highest BCUT2D eigenvalue weighted by molar-refractivity contribution is 5.95. The van der Waals surface area contributed by atoms with Crippen molar-refractivity contribution in [2.24, 2.45) is 0 Å². The van der Waals surface area contributed by atoms with Gasteiger partial charge in [-0.2, -0.15) is 0 Å². The summed E-state index contributed by atoms with van der Waals surface area (Å²) in [5.74, 6) is 1.23. The molecule has 1 aromatic carbocycles. The Hall–Kier alpha value is -2.71. The van der Waals surface area contributed by atoms with Crippen LogP contribution in [0.4, 0.5) is 11.5 Å². The molecule has 29 heavy (non-hydrogen) atoms. The lowest BCUT2D eigenvalue weighted by Gasteiger charge is -2.34. The van der Waals surface area contributed by atoms with Crippen LogP contribution in [0.25, 0.3) is 0 Å². The topological polar surface area (TPSA) is 81.9 Å². The van der Waals surface area contributed by atoms with Gasteiger partial charge in [-0.25, -0.2) is 0 Å². The van der Waals surface area contributed by atoms with E-state index < -0.39 is 0 Å². The number of anilines is 2. The van der Waals surface area contributed by atoms with Crippen molar-refractivity contribution in [3.05, 3.63) is 41.7 Å². The van der Waals surface area contributed by atoms with Crippen molar-refractivity contribution >= 4 is 23.3 Å². The second kappa shape index (κ2) is 8.75. The monoisotopic (exact) mass is 397 g/mol. The molecule has 0 spiro atoms. The minimum absolute atomic E-state index is 0.0883. The zero-order valence-corrected chi connectivity index (χ0v) is 16.8. The van der Waals surface area contributed by atoms with Crippen LogP contribution in [0, 0.1) is 6.92 Å². The van der Waals surface area contributed by atoms with E-state index in [-0.39, 0.29) is 11.8 Å². The van der Waals surface area contributed by atoms with Gasteiger partial charge in [-0.1, -0.05) is 23.4 Å². The highest BCUT2D eigenvalue weighted by Crippen LogP contribution is 2.27. The van der Waals surface area contributed by atoms with Crippen LogP contribution in [-0.2, 0) is 16.0 Å². The number of benzene rings is 1. The van der Waals surface area contributed by atoms with Gasteiger partial charge in [-0.3, -0.25) is 14.5 Å². The Labute approximate surface area is 170 Å². The standard InChI is InChI=1S/C21H27N5O3/c1-16-14-19(23-29-16)22-20(27)15-25-12-10-24(11-13-25)8-7-21(28)26-9-6-17-4-2-3-5-18(17)26/h2-5,14H,6-13,15H2,1H3,(H,22,23,27). The second-order valence-electron chi connectivity index (χ2n) is 7.66. The van der Waals surface area contributed by atoms with E-state index in [4.69, 9.17) is 4.52 Å². The molecule has 1 N–H and O–H groups in total. The number of aryl methyl sites for hydroxylation is 1. The smallest absolute Gasteiger partial charge is 0.239 e. The van der Waals surface area contributed by atoms with Crippen LogP contribution >= 0.6 is 0 Å². The molecule has 0 atom stereocenters. The molecule has 0 aliphatic carbocycles. The Morgan fingerprint density at radius 3 is 2.62 bits per heavy atom. The quantitative estimate of drug-likeness (QED) is 0.796. The van der Waals surface area contributed by atoms with Crippen molar-refractivity contribution < 1.29 is 14.1 Å². The highest BCUT2D eigenvalue weighted by Gasteiger charge is 2.25. The molecule has 4 rings (SSSR count). The fourth-order valence-electron chi connectivity index (χ4n) is 3.97. The third-order valence-corrected chi connectivity index (χ3v) is 5.56. The number of fused-ring (bicyclic) bond motifs is 1. The van der Waals surface area contributed by atoms with Gasteiger partial charge in [0.05, 0.1) is 6.54 Å². The van der Waals surface area contributed by atoms with E-state index in [9.17, 15) is 9.59 Å². The first-order chi connectivity index (χ1) is 14.1. The number of rotatable bonds is 6. The van der Waals surface area contributed by atoms with Gasteiger partial charge in [0.25, 0.3) is 0 Å². The van der Waals surface area contributed by atoms with Crippen molar-refractivity contribution in [1.29, 1.82) is 0 Å². The summed E-state index contributed by atoms with van der Waals surface area (Å²) in [5.41, 5.74) is 2.32. The Morgan fingerprint density at radius 1 is 1.10 bits per heavy atom. The van der Waals surface area contributed by atoms with Crippen molar-refractivity contribution in [1.82, 2.24) is 15.0 Å². The molecule has 8 nitrogen and oxygen atoms in total. The van der Waals surface area contributed by atoms with Gasteiger partial charge in [0.15, 0.2) is 5.82 Å². The molecule has 0 saturated carbocycles. The molecule has 1 saturated heterocycles. The first-order valence-corrected chi connectivity index (χ1v) is 10.1. The van der Waals surface area contributed by atoms with Crippen LogP contribution in [0.2, 0.25) is 0 Å². The number of amides is 2. The third-order valence-electron chi connectivity index (χ3n) is 5.56. The van der Waals surface area contributed by atoms with E-state index in [1.165, 1.54) is 5.56 Å². The Bertz CT molecular complexity index is 873. The molecule has 154 valence electrons. The Kier molecular flexibility index (Phi) is 5.92. The largest absolute Gasteiger partial charge is 0.360 e. The Balaban J connectivity index is 1.17. The average Bonchev–Trinajstić information content (AvgIpc) is 3.33. The van der Waals surface area contributed by atoms with Crippen molar-refractivity contribution in [2.75, 3.05) is 56.0 Å². The molecular weight excluding hydrogens is 370 g/mol. The first-order valence-electron chi connectivity index (χ1n) is 10.1. The van der Waals surface area contributed by atoms with E-state index in [1.807, 2.05) is 23.1 Å². The lowest BCUT2D eigenvalue weighted by Crippen LogP contribution is -2.49. The number of para-hydroxylation sites is 1. The maximum Gasteiger partial charge on any atom is 0.239 e. The number of nitrogens with one attached hydrogen (secondary N) is 1. The number of aromatic nitrogens is 1. The number of carbonyl (C=O) groups excluding carboxylic acids is 2. The minimum atomic E-state index is -0.0883. The van der Waals surface area contributed by atoms with Crippen molar-refractivity contribution in [3.8, 4) is 0 Å². The SMILES string of the molecule is Cc1cc(NC(=O)CN2CCN(CCC(=O)N3CCc4ccccc43)CC2)no1. The van der Waals surface area contributed by atoms with E-state index in [2.05, 4.69) is 26.3 Å². The summed E-state index contributed by atoms with van der Waals surface area (Å²) in [6.07, 6.45) is 1.47. The number of hydrogen-bond donors (Lipinski definition) is 1. The lowest BCUT2D eigenvalue weighted by atomic mass is 10.2. The van der Waals surface area contributed by atoms with Gasteiger partial charge in [-0.05, 0) is 25.0 Å². The van der Waals surface area contributed by atoms with Crippen molar-refractivity contribution in [3.63, 3.8) is 0 Å². The maximum absolute atomic E-state index is 12.7. The maximum atomic E-state index is 12.7. The van der Waals surface area contributed by atoms with E-state index in [0.717, 1.165) is 51.4 Å². The predicted molar refractivity (Wildman–Crippen MR) is 110 cm³/mol. The second-order valence-corrected chi connectivity index (χ2v) is 7.66. The molecule has 0 radical (unpaired) electrons. The number of piperazine rings is 1.